The van der Waals surface area contributed by atoms with Crippen molar-refractivity contribution in [1.29, 1.82) is 0 Å². The van der Waals surface area contributed by atoms with E-state index in [9.17, 15) is 4.79 Å². The fourth-order valence-corrected chi connectivity index (χ4v) is 3.36. The van der Waals surface area contributed by atoms with E-state index in [1.807, 2.05) is 77.7 Å². The van der Waals surface area contributed by atoms with E-state index < -0.39 is 0 Å². The highest BCUT2D eigenvalue weighted by Crippen LogP contribution is 2.26. The zero-order valence-corrected chi connectivity index (χ0v) is 15.7. The number of aliphatic imine (C=N–C) groups is 1. The minimum absolute atomic E-state index is 0.0429. The minimum atomic E-state index is -0.0429. The van der Waals surface area contributed by atoms with Gasteiger partial charge in [-0.1, -0.05) is 48.5 Å². The van der Waals surface area contributed by atoms with Crippen molar-refractivity contribution in [2.75, 3.05) is 11.9 Å². The molecule has 5 nitrogen and oxygen atoms in total. The number of carbonyl (C=O) groups is 1. The molecule has 4 rings (SSSR count). The van der Waals surface area contributed by atoms with Gasteiger partial charge in [0, 0.05) is 31.4 Å². The van der Waals surface area contributed by atoms with Gasteiger partial charge in [-0.05, 0) is 41.5 Å². The zero-order valence-electron chi connectivity index (χ0n) is 15.7. The molecule has 0 fully saturated rings. The van der Waals surface area contributed by atoms with E-state index in [0.717, 1.165) is 22.5 Å². The van der Waals surface area contributed by atoms with E-state index in [4.69, 9.17) is 5.73 Å². The van der Waals surface area contributed by atoms with Crippen LogP contribution < -0.4 is 10.6 Å². The molecule has 0 aliphatic carbocycles. The number of anilines is 1. The number of hydrogen-bond acceptors (Lipinski definition) is 4. The lowest BCUT2D eigenvalue weighted by molar-refractivity contribution is 0.0993. The third-order valence-corrected chi connectivity index (χ3v) is 4.91. The standard InChI is InChI=1S/C23H22N4O/c1-26(20-11-3-2-4-12-20)22(28)18-10-7-8-17(14-18)15-27-16-19-9-5-6-13-21(19)25-23(27)24/h2-14H,15-16H2,1H3,(H2,24,25). The van der Waals surface area contributed by atoms with Gasteiger partial charge >= 0.3 is 0 Å². The number of rotatable bonds is 4. The van der Waals surface area contributed by atoms with Crippen LogP contribution in [0.1, 0.15) is 21.5 Å². The fourth-order valence-electron chi connectivity index (χ4n) is 3.36. The summed E-state index contributed by atoms with van der Waals surface area (Å²) in [5.41, 5.74) is 10.8. The monoisotopic (exact) mass is 370 g/mol. The van der Waals surface area contributed by atoms with E-state index in [1.54, 1.807) is 11.9 Å². The summed E-state index contributed by atoms with van der Waals surface area (Å²) in [5, 5.41) is 0. The quantitative estimate of drug-likeness (QED) is 0.757. The first-order chi connectivity index (χ1) is 13.6. The van der Waals surface area contributed by atoms with Crippen molar-refractivity contribution in [3.8, 4) is 0 Å². The molecule has 0 saturated heterocycles. The largest absolute Gasteiger partial charge is 0.369 e. The molecule has 1 heterocycles. The number of guanidine groups is 1. The summed E-state index contributed by atoms with van der Waals surface area (Å²) in [5.74, 6) is 0.454. The lowest BCUT2D eigenvalue weighted by atomic mass is 10.1. The van der Waals surface area contributed by atoms with Gasteiger partial charge in [0.15, 0.2) is 5.96 Å². The molecule has 0 aromatic heterocycles. The second kappa shape index (κ2) is 7.56. The Morgan fingerprint density at radius 1 is 1.04 bits per heavy atom. The maximum Gasteiger partial charge on any atom is 0.258 e. The van der Waals surface area contributed by atoms with E-state index in [1.165, 1.54) is 0 Å². The van der Waals surface area contributed by atoms with Crippen molar-refractivity contribution < 1.29 is 4.79 Å². The van der Waals surface area contributed by atoms with Gasteiger partial charge in [-0.25, -0.2) is 4.99 Å². The molecule has 0 unspecified atom stereocenters. The van der Waals surface area contributed by atoms with Crippen molar-refractivity contribution >= 4 is 23.2 Å². The maximum absolute atomic E-state index is 12.9. The highest BCUT2D eigenvalue weighted by Gasteiger charge is 2.18. The Balaban J connectivity index is 1.53. The van der Waals surface area contributed by atoms with Crippen LogP contribution in [0.4, 0.5) is 11.4 Å². The van der Waals surface area contributed by atoms with Crippen molar-refractivity contribution in [1.82, 2.24) is 4.90 Å². The van der Waals surface area contributed by atoms with Crippen molar-refractivity contribution in [2.45, 2.75) is 13.1 Å². The normalized spacial score (nSPS) is 12.9. The fraction of sp³-hybridized carbons (Fsp3) is 0.130. The average molecular weight is 370 g/mol. The highest BCUT2D eigenvalue weighted by molar-refractivity contribution is 6.05. The SMILES string of the molecule is CN(C(=O)c1cccc(CN2Cc3ccccc3N=C2N)c1)c1ccccc1. The lowest BCUT2D eigenvalue weighted by Gasteiger charge is -2.28. The summed E-state index contributed by atoms with van der Waals surface area (Å²) in [6.07, 6.45) is 0. The molecule has 1 aliphatic rings. The predicted octanol–water partition coefficient (Wildman–Crippen LogP) is 3.93. The van der Waals surface area contributed by atoms with Gasteiger partial charge in [-0.15, -0.1) is 0 Å². The van der Waals surface area contributed by atoms with Crippen LogP contribution >= 0.6 is 0 Å². The van der Waals surface area contributed by atoms with Crippen LogP contribution in [-0.4, -0.2) is 23.8 Å². The summed E-state index contributed by atoms with van der Waals surface area (Å²) < 4.78 is 0. The molecular formula is C23H22N4O. The molecular weight excluding hydrogens is 348 g/mol. The Morgan fingerprint density at radius 2 is 1.79 bits per heavy atom. The second-order valence-corrected chi connectivity index (χ2v) is 6.85. The molecule has 0 spiro atoms. The van der Waals surface area contributed by atoms with Gasteiger partial charge < -0.3 is 15.5 Å². The number of fused-ring (bicyclic) bond motifs is 1. The van der Waals surface area contributed by atoms with Crippen LogP contribution in [0.5, 0.6) is 0 Å². The Labute approximate surface area is 164 Å². The smallest absolute Gasteiger partial charge is 0.258 e. The van der Waals surface area contributed by atoms with Crippen LogP contribution in [0, 0.1) is 0 Å². The maximum atomic E-state index is 12.9. The lowest BCUT2D eigenvalue weighted by Crippen LogP contribution is -2.38. The molecule has 3 aromatic carbocycles. The van der Waals surface area contributed by atoms with Gasteiger partial charge in [0.1, 0.15) is 0 Å². The van der Waals surface area contributed by atoms with Crippen molar-refractivity contribution in [3.05, 3.63) is 95.6 Å². The van der Waals surface area contributed by atoms with Gasteiger partial charge in [0.2, 0.25) is 0 Å². The van der Waals surface area contributed by atoms with Crippen LogP contribution in [0.2, 0.25) is 0 Å². The number of amides is 1. The Bertz CT molecular complexity index is 1030. The van der Waals surface area contributed by atoms with Crippen molar-refractivity contribution in [3.63, 3.8) is 0 Å². The number of para-hydroxylation sites is 2. The third-order valence-electron chi connectivity index (χ3n) is 4.91. The van der Waals surface area contributed by atoms with Gasteiger partial charge in [0.05, 0.1) is 5.69 Å². The van der Waals surface area contributed by atoms with Crippen LogP contribution in [0.15, 0.2) is 83.9 Å². The number of carbonyl (C=O) groups excluding carboxylic acids is 1. The molecule has 0 radical (unpaired) electrons. The molecule has 28 heavy (non-hydrogen) atoms. The molecule has 1 amide bonds. The average Bonchev–Trinajstić information content (AvgIpc) is 2.74. The summed E-state index contributed by atoms with van der Waals surface area (Å²) in [4.78, 5) is 21.1. The molecule has 0 atom stereocenters. The minimum Gasteiger partial charge on any atom is -0.369 e. The predicted molar refractivity (Wildman–Crippen MR) is 113 cm³/mol. The van der Waals surface area contributed by atoms with Crippen LogP contribution in [0.25, 0.3) is 0 Å². The van der Waals surface area contributed by atoms with E-state index in [2.05, 4.69) is 11.1 Å². The summed E-state index contributed by atoms with van der Waals surface area (Å²) in [6, 6.07) is 25.3. The van der Waals surface area contributed by atoms with Crippen molar-refractivity contribution in [2.24, 2.45) is 10.7 Å². The zero-order chi connectivity index (χ0) is 19.5. The first kappa shape index (κ1) is 17.8. The summed E-state index contributed by atoms with van der Waals surface area (Å²) in [6.45, 7) is 1.30. The second-order valence-electron chi connectivity index (χ2n) is 6.85. The van der Waals surface area contributed by atoms with E-state index in [-0.39, 0.29) is 5.91 Å². The van der Waals surface area contributed by atoms with E-state index in [0.29, 0.717) is 24.6 Å². The molecule has 140 valence electrons. The molecule has 2 N–H and O–H groups in total. The molecule has 0 bridgehead atoms. The number of nitrogens with two attached hydrogens (primary N) is 1. The van der Waals surface area contributed by atoms with E-state index >= 15 is 0 Å². The molecule has 5 heteroatoms. The molecule has 3 aromatic rings. The third kappa shape index (κ3) is 3.60. The first-order valence-corrected chi connectivity index (χ1v) is 9.21. The number of nitrogens with zero attached hydrogens (tertiary/aromatic N) is 3. The van der Waals surface area contributed by atoms with Gasteiger partial charge in [-0.2, -0.15) is 0 Å². The number of benzene rings is 3. The highest BCUT2D eigenvalue weighted by atomic mass is 16.2. The Kier molecular flexibility index (Phi) is 4.81. The Morgan fingerprint density at radius 3 is 2.61 bits per heavy atom. The Hall–Kier alpha value is -3.60. The first-order valence-electron chi connectivity index (χ1n) is 9.21. The van der Waals surface area contributed by atoms with Crippen LogP contribution in [0.3, 0.4) is 0 Å². The number of hydrogen-bond donors (Lipinski definition) is 1. The van der Waals surface area contributed by atoms with Gasteiger partial charge in [0.25, 0.3) is 5.91 Å². The summed E-state index contributed by atoms with van der Waals surface area (Å²) >= 11 is 0. The molecule has 1 aliphatic heterocycles. The molecule has 0 saturated carbocycles. The van der Waals surface area contributed by atoms with Gasteiger partial charge in [-0.3, -0.25) is 4.79 Å². The topological polar surface area (TPSA) is 61.9 Å². The summed E-state index contributed by atoms with van der Waals surface area (Å²) in [7, 11) is 1.79. The van der Waals surface area contributed by atoms with Crippen LogP contribution in [-0.2, 0) is 13.1 Å².